The molecular weight excluding hydrogens is 300 g/mol. The molecule has 0 saturated carbocycles. The van der Waals surface area contributed by atoms with Crippen LogP contribution in [0.5, 0.6) is 0 Å². The van der Waals surface area contributed by atoms with Crippen LogP contribution < -0.4 is 5.32 Å². The van der Waals surface area contributed by atoms with E-state index in [0.717, 1.165) is 18.2 Å². The molecule has 0 unspecified atom stereocenters. The second kappa shape index (κ2) is 5.30. The van der Waals surface area contributed by atoms with Gasteiger partial charge in [0.25, 0.3) is 0 Å². The van der Waals surface area contributed by atoms with Crippen molar-refractivity contribution >= 4 is 5.69 Å². The highest BCUT2D eigenvalue weighted by Crippen LogP contribution is 2.30. The third-order valence-corrected chi connectivity index (χ3v) is 2.62. The number of aromatic nitrogens is 2. The Bertz CT molecular complexity index is 597. The molecular formula is C12H9F6N3. The second-order valence-corrected chi connectivity index (χ2v) is 4.20. The number of aromatic amines is 1. The van der Waals surface area contributed by atoms with Crippen LogP contribution in [0.3, 0.4) is 0 Å². The quantitative estimate of drug-likeness (QED) is 0.840. The van der Waals surface area contributed by atoms with Crippen LogP contribution in [0.15, 0.2) is 30.3 Å². The van der Waals surface area contributed by atoms with Gasteiger partial charge in [-0.3, -0.25) is 5.10 Å². The predicted octanol–water partition coefficient (Wildman–Crippen LogP) is 4.06. The molecule has 114 valence electrons. The Kier molecular flexibility index (Phi) is 3.84. The first-order valence-corrected chi connectivity index (χ1v) is 5.69. The SMILES string of the molecule is FC(F)(F)c1ccc(NCc2cc(C(F)(F)F)n[nH]2)cc1. The van der Waals surface area contributed by atoms with E-state index in [4.69, 9.17) is 0 Å². The van der Waals surface area contributed by atoms with Crippen molar-refractivity contribution in [2.45, 2.75) is 18.9 Å². The van der Waals surface area contributed by atoms with Crippen LogP contribution in [0.1, 0.15) is 17.0 Å². The van der Waals surface area contributed by atoms with Crippen molar-refractivity contribution in [1.82, 2.24) is 10.2 Å². The second-order valence-electron chi connectivity index (χ2n) is 4.20. The molecule has 1 aromatic heterocycles. The van der Waals surface area contributed by atoms with Gasteiger partial charge in [-0.25, -0.2) is 0 Å². The first-order chi connectivity index (χ1) is 9.66. The third-order valence-electron chi connectivity index (χ3n) is 2.62. The van der Waals surface area contributed by atoms with E-state index >= 15 is 0 Å². The Morgan fingerprint density at radius 3 is 2.05 bits per heavy atom. The standard InChI is InChI=1S/C12H9F6N3/c13-11(14,15)7-1-3-8(4-2-7)19-6-9-5-10(21-20-9)12(16,17)18/h1-5,19H,6H2,(H,20,21). The van der Waals surface area contributed by atoms with Crippen molar-refractivity contribution in [3.63, 3.8) is 0 Å². The van der Waals surface area contributed by atoms with Crippen LogP contribution in [0.4, 0.5) is 32.0 Å². The summed E-state index contributed by atoms with van der Waals surface area (Å²) < 4.78 is 74.0. The maximum absolute atomic E-state index is 12.3. The zero-order chi connectivity index (χ0) is 15.7. The molecule has 0 bridgehead atoms. The fourth-order valence-corrected chi connectivity index (χ4v) is 1.57. The van der Waals surface area contributed by atoms with Gasteiger partial charge >= 0.3 is 12.4 Å². The molecule has 0 radical (unpaired) electrons. The Balaban J connectivity index is 1.99. The molecule has 3 nitrogen and oxygen atoms in total. The first-order valence-electron chi connectivity index (χ1n) is 5.69. The summed E-state index contributed by atoms with van der Waals surface area (Å²) in [6.45, 7) is -0.0194. The van der Waals surface area contributed by atoms with Crippen LogP contribution in [0.25, 0.3) is 0 Å². The Labute approximate surface area is 115 Å². The predicted molar refractivity (Wildman–Crippen MR) is 62.4 cm³/mol. The molecule has 2 aromatic rings. The molecule has 0 fully saturated rings. The van der Waals surface area contributed by atoms with Gasteiger partial charge < -0.3 is 5.32 Å². The van der Waals surface area contributed by atoms with E-state index in [2.05, 4.69) is 15.5 Å². The molecule has 9 heteroatoms. The van der Waals surface area contributed by atoms with Gasteiger partial charge in [0.1, 0.15) is 0 Å². The number of anilines is 1. The van der Waals surface area contributed by atoms with E-state index in [9.17, 15) is 26.3 Å². The molecule has 0 spiro atoms. The summed E-state index contributed by atoms with van der Waals surface area (Å²) in [6.07, 6.45) is -8.97. The largest absolute Gasteiger partial charge is 0.435 e. The van der Waals surface area contributed by atoms with Gasteiger partial charge in [0.15, 0.2) is 5.69 Å². The van der Waals surface area contributed by atoms with Crippen molar-refractivity contribution < 1.29 is 26.3 Å². The lowest BCUT2D eigenvalue weighted by Gasteiger charge is -2.08. The summed E-state index contributed by atoms with van der Waals surface area (Å²) in [4.78, 5) is 0. The van der Waals surface area contributed by atoms with Gasteiger partial charge in [0, 0.05) is 5.69 Å². The molecule has 2 N–H and O–H groups in total. The molecule has 21 heavy (non-hydrogen) atoms. The molecule has 0 aliphatic carbocycles. The zero-order valence-electron chi connectivity index (χ0n) is 10.3. The smallest absolute Gasteiger partial charge is 0.379 e. The molecule has 0 amide bonds. The van der Waals surface area contributed by atoms with Crippen LogP contribution in [0.2, 0.25) is 0 Å². The van der Waals surface area contributed by atoms with Crippen LogP contribution in [0, 0.1) is 0 Å². The van der Waals surface area contributed by atoms with Gasteiger partial charge in [-0.2, -0.15) is 31.4 Å². The average Bonchev–Trinajstić information content (AvgIpc) is 2.84. The number of nitrogens with one attached hydrogen (secondary N) is 2. The number of hydrogen-bond donors (Lipinski definition) is 2. The fourth-order valence-electron chi connectivity index (χ4n) is 1.57. The molecule has 0 aliphatic rings. The van der Waals surface area contributed by atoms with Crippen molar-refractivity contribution in [1.29, 1.82) is 0 Å². The maximum Gasteiger partial charge on any atom is 0.435 e. The van der Waals surface area contributed by atoms with Crippen LogP contribution >= 0.6 is 0 Å². The van der Waals surface area contributed by atoms with E-state index < -0.39 is 23.6 Å². The van der Waals surface area contributed by atoms with Gasteiger partial charge in [-0.1, -0.05) is 0 Å². The summed E-state index contributed by atoms with van der Waals surface area (Å²) in [7, 11) is 0. The van der Waals surface area contributed by atoms with Gasteiger partial charge in [-0.15, -0.1) is 0 Å². The minimum absolute atomic E-state index is 0.0194. The van der Waals surface area contributed by atoms with E-state index in [1.54, 1.807) is 0 Å². The number of nitrogens with zero attached hydrogens (tertiary/aromatic N) is 1. The van der Waals surface area contributed by atoms with Crippen molar-refractivity contribution in [3.8, 4) is 0 Å². The lowest BCUT2D eigenvalue weighted by molar-refractivity contribution is -0.141. The van der Waals surface area contributed by atoms with Gasteiger partial charge in [-0.05, 0) is 30.3 Å². The minimum atomic E-state index is -4.54. The van der Waals surface area contributed by atoms with Crippen molar-refractivity contribution in [2.75, 3.05) is 5.32 Å². The normalized spacial score (nSPS) is 12.5. The van der Waals surface area contributed by atoms with Gasteiger partial charge in [0.2, 0.25) is 0 Å². The lowest BCUT2D eigenvalue weighted by Crippen LogP contribution is -2.05. The maximum atomic E-state index is 12.3. The van der Waals surface area contributed by atoms with Crippen molar-refractivity contribution in [3.05, 3.63) is 47.3 Å². The molecule has 0 atom stereocenters. The number of alkyl halides is 6. The highest BCUT2D eigenvalue weighted by Gasteiger charge is 2.33. The van der Waals surface area contributed by atoms with Crippen molar-refractivity contribution in [2.24, 2.45) is 0 Å². The number of halogens is 6. The Morgan fingerprint density at radius 1 is 0.952 bits per heavy atom. The summed E-state index contributed by atoms with van der Waals surface area (Å²) in [5.74, 6) is 0. The van der Waals surface area contributed by atoms with E-state index in [1.165, 1.54) is 12.1 Å². The van der Waals surface area contributed by atoms with E-state index in [0.29, 0.717) is 5.69 Å². The molecule has 2 rings (SSSR count). The first kappa shape index (κ1) is 15.2. The number of benzene rings is 1. The van der Waals surface area contributed by atoms with Crippen LogP contribution in [-0.2, 0) is 18.9 Å². The number of H-pyrrole nitrogens is 1. The molecule has 0 saturated heterocycles. The average molecular weight is 309 g/mol. The lowest BCUT2D eigenvalue weighted by atomic mass is 10.2. The Hall–Kier alpha value is -2.19. The number of rotatable bonds is 3. The zero-order valence-corrected chi connectivity index (χ0v) is 10.3. The fraction of sp³-hybridized carbons (Fsp3) is 0.250. The highest BCUT2D eigenvalue weighted by molar-refractivity contribution is 5.45. The summed E-state index contributed by atoms with van der Waals surface area (Å²) in [6, 6.07) is 5.00. The number of hydrogen-bond acceptors (Lipinski definition) is 2. The third kappa shape index (κ3) is 3.89. The molecule has 1 heterocycles. The monoisotopic (exact) mass is 309 g/mol. The summed E-state index contributed by atoms with van der Waals surface area (Å²) in [5.41, 5.74) is -1.32. The summed E-state index contributed by atoms with van der Waals surface area (Å²) >= 11 is 0. The van der Waals surface area contributed by atoms with E-state index in [-0.39, 0.29) is 12.2 Å². The van der Waals surface area contributed by atoms with Crippen LogP contribution in [-0.4, -0.2) is 10.2 Å². The van der Waals surface area contributed by atoms with Gasteiger partial charge in [0.05, 0.1) is 17.8 Å². The minimum Gasteiger partial charge on any atom is -0.379 e. The van der Waals surface area contributed by atoms with E-state index in [1.807, 2.05) is 0 Å². The molecule has 1 aromatic carbocycles. The Morgan fingerprint density at radius 2 is 1.57 bits per heavy atom. The molecule has 0 aliphatic heterocycles. The highest BCUT2D eigenvalue weighted by atomic mass is 19.4. The topological polar surface area (TPSA) is 40.7 Å². The summed E-state index contributed by atoms with van der Waals surface area (Å²) in [5, 5.41) is 8.01.